The molecule has 0 saturated carbocycles. The van der Waals surface area contributed by atoms with Crippen LogP contribution in [-0.2, 0) is 14.8 Å². The van der Waals surface area contributed by atoms with E-state index in [-0.39, 0.29) is 6.54 Å². The largest absolute Gasteiger partial charge is 0.351 e. The van der Waals surface area contributed by atoms with Gasteiger partial charge in [-0.25, -0.2) is 8.42 Å². The minimum atomic E-state index is -3.64. The van der Waals surface area contributed by atoms with Gasteiger partial charge >= 0.3 is 0 Å². The molecule has 1 atom stereocenters. The maximum absolute atomic E-state index is 12.1. The quantitative estimate of drug-likeness (QED) is 0.812. The summed E-state index contributed by atoms with van der Waals surface area (Å²) in [5, 5.41) is 3.00. The normalized spacial score (nSPS) is 12.6. The summed E-state index contributed by atoms with van der Waals surface area (Å²) in [6.07, 6.45) is 2.59. The molecular formula is C14H19ClN2O3S. The lowest BCUT2D eigenvalue weighted by molar-refractivity contribution is -0.121. The predicted molar refractivity (Wildman–Crippen MR) is 86.2 cm³/mol. The summed E-state index contributed by atoms with van der Waals surface area (Å²) in [6, 6.07) is 4.03. The molecule has 0 spiro atoms. The van der Waals surface area contributed by atoms with Crippen LogP contribution in [0.3, 0.4) is 0 Å². The van der Waals surface area contributed by atoms with Gasteiger partial charge in [0.25, 0.3) is 0 Å². The second-order valence-electron chi connectivity index (χ2n) is 4.70. The lowest BCUT2D eigenvalue weighted by atomic mass is 10.2. The zero-order valence-corrected chi connectivity index (χ0v) is 13.8. The number of carbonyl (C=O) groups is 1. The molecule has 116 valence electrons. The van der Waals surface area contributed by atoms with E-state index >= 15 is 0 Å². The van der Waals surface area contributed by atoms with Crippen molar-refractivity contribution >= 4 is 33.2 Å². The van der Waals surface area contributed by atoms with Crippen LogP contribution in [0.2, 0.25) is 5.02 Å². The summed E-state index contributed by atoms with van der Waals surface area (Å²) in [6.45, 7) is 7.07. The van der Waals surface area contributed by atoms with E-state index < -0.39 is 22.0 Å². The maximum Gasteiger partial charge on any atom is 0.243 e. The molecule has 1 aromatic rings. The minimum absolute atomic E-state index is 0.273. The fraction of sp³-hybridized carbons (Fsp3) is 0.357. The van der Waals surface area contributed by atoms with Gasteiger partial charge in [-0.2, -0.15) is 0 Å². The minimum Gasteiger partial charge on any atom is -0.351 e. The SMILES string of the molecule is C=CCNC(=O)[C@H](C)N(c1cc(Cl)ccc1C)S(C)(=O)=O. The number of anilines is 1. The Kier molecular flexibility index (Phi) is 5.80. The van der Waals surface area contributed by atoms with E-state index in [0.717, 1.165) is 10.6 Å². The average molecular weight is 331 g/mol. The molecule has 1 rings (SSSR count). The van der Waals surface area contributed by atoms with Crippen molar-refractivity contribution in [2.75, 3.05) is 17.1 Å². The highest BCUT2D eigenvalue weighted by atomic mass is 35.5. The van der Waals surface area contributed by atoms with Crippen LogP contribution in [-0.4, -0.2) is 33.2 Å². The van der Waals surface area contributed by atoms with Crippen molar-refractivity contribution in [3.8, 4) is 0 Å². The molecule has 5 nitrogen and oxygen atoms in total. The van der Waals surface area contributed by atoms with Gasteiger partial charge in [-0.15, -0.1) is 6.58 Å². The summed E-state index contributed by atoms with van der Waals surface area (Å²) in [4.78, 5) is 12.1. The van der Waals surface area contributed by atoms with E-state index in [1.807, 2.05) is 0 Å². The molecule has 0 bridgehead atoms. The van der Waals surface area contributed by atoms with Gasteiger partial charge in [-0.05, 0) is 31.5 Å². The van der Waals surface area contributed by atoms with E-state index in [9.17, 15) is 13.2 Å². The number of aryl methyl sites for hydroxylation is 1. The Bertz CT molecular complexity index is 644. The Labute approximate surface area is 130 Å². The molecule has 1 aromatic carbocycles. The summed E-state index contributed by atoms with van der Waals surface area (Å²) in [7, 11) is -3.64. The second kappa shape index (κ2) is 6.95. The summed E-state index contributed by atoms with van der Waals surface area (Å²) >= 11 is 5.94. The zero-order chi connectivity index (χ0) is 16.2. The summed E-state index contributed by atoms with van der Waals surface area (Å²) < 4.78 is 25.3. The smallest absolute Gasteiger partial charge is 0.243 e. The third-order valence-corrected chi connectivity index (χ3v) is 4.38. The van der Waals surface area contributed by atoms with Crippen LogP contribution in [0.25, 0.3) is 0 Å². The number of nitrogens with zero attached hydrogens (tertiary/aromatic N) is 1. The first-order chi connectivity index (χ1) is 9.68. The van der Waals surface area contributed by atoms with Crippen molar-refractivity contribution in [2.24, 2.45) is 0 Å². The number of sulfonamides is 1. The standard InChI is InChI=1S/C14H19ClN2O3S/c1-5-8-16-14(18)11(3)17(21(4,19)20)13-9-12(15)7-6-10(13)2/h5-7,9,11H,1,8H2,2-4H3,(H,16,18)/t11-/m0/s1. The molecule has 0 aliphatic rings. The van der Waals surface area contributed by atoms with Crippen LogP contribution in [0.4, 0.5) is 5.69 Å². The van der Waals surface area contributed by atoms with Crippen molar-refractivity contribution in [2.45, 2.75) is 19.9 Å². The molecule has 0 fully saturated rings. The van der Waals surface area contributed by atoms with Gasteiger partial charge in [-0.1, -0.05) is 23.7 Å². The fourth-order valence-electron chi connectivity index (χ4n) is 1.92. The lowest BCUT2D eigenvalue weighted by Crippen LogP contribution is -2.48. The van der Waals surface area contributed by atoms with Crippen molar-refractivity contribution in [3.63, 3.8) is 0 Å². The van der Waals surface area contributed by atoms with Crippen molar-refractivity contribution in [3.05, 3.63) is 41.4 Å². The van der Waals surface area contributed by atoms with Crippen molar-refractivity contribution in [1.29, 1.82) is 0 Å². The van der Waals surface area contributed by atoms with Crippen LogP contribution < -0.4 is 9.62 Å². The topological polar surface area (TPSA) is 66.5 Å². The van der Waals surface area contributed by atoms with Gasteiger partial charge in [0.05, 0.1) is 11.9 Å². The van der Waals surface area contributed by atoms with E-state index in [1.54, 1.807) is 19.1 Å². The molecule has 1 amide bonds. The zero-order valence-electron chi connectivity index (χ0n) is 12.3. The van der Waals surface area contributed by atoms with Gasteiger partial charge in [0.15, 0.2) is 0 Å². The monoisotopic (exact) mass is 330 g/mol. The highest BCUT2D eigenvalue weighted by Gasteiger charge is 2.29. The van der Waals surface area contributed by atoms with Crippen LogP contribution in [0, 0.1) is 6.92 Å². The molecule has 1 N–H and O–H groups in total. The van der Waals surface area contributed by atoms with Crippen LogP contribution in [0.15, 0.2) is 30.9 Å². The number of carbonyl (C=O) groups excluding carboxylic acids is 1. The van der Waals surface area contributed by atoms with Gasteiger partial charge in [0.2, 0.25) is 15.9 Å². The molecule has 0 saturated heterocycles. The molecule has 0 aliphatic heterocycles. The molecular weight excluding hydrogens is 312 g/mol. The van der Waals surface area contributed by atoms with E-state index in [4.69, 9.17) is 11.6 Å². The van der Waals surface area contributed by atoms with E-state index in [1.165, 1.54) is 19.1 Å². The third kappa shape index (κ3) is 4.47. The predicted octanol–water partition coefficient (Wildman–Crippen LogP) is 2.11. The van der Waals surface area contributed by atoms with Gasteiger partial charge < -0.3 is 5.32 Å². The van der Waals surface area contributed by atoms with Crippen LogP contribution in [0.5, 0.6) is 0 Å². The summed E-state index contributed by atoms with van der Waals surface area (Å²) in [5.41, 5.74) is 1.11. The highest BCUT2D eigenvalue weighted by molar-refractivity contribution is 7.92. The number of amides is 1. The third-order valence-electron chi connectivity index (χ3n) is 2.92. The van der Waals surface area contributed by atoms with Crippen LogP contribution >= 0.6 is 11.6 Å². The van der Waals surface area contributed by atoms with Gasteiger partial charge in [0.1, 0.15) is 6.04 Å². The van der Waals surface area contributed by atoms with E-state index in [0.29, 0.717) is 16.3 Å². The molecule has 0 aromatic heterocycles. The Morgan fingerprint density at radius 3 is 2.67 bits per heavy atom. The number of hydrogen-bond donors (Lipinski definition) is 1. The highest BCUT2D eigenvalue weighted by Crippen LogP contribution is 2.28. The van der Waals surface area contributed by atoms with Crippen LogP contribution in [0.1, 0.15) is 12.5 Å². The Balaban J connectivity index is 3.27. The molecule has 21 heavy (non-hydrogen) atoms. The molecule has 0 heterocycles. The van der Waals surface area contributed by atoms with Crippen molar-refractivity contribution < 1.29 is 13.2 Å². The first-order valence-electron chi connectivity index (χ1n) is 6.32. The average Bonchev–Trinajstić information content (AvgIpc) is 2.38. The number of benzene rings is 1. The first-order valence-corrected chi connectivity index (χ1v) is 8.55. The Hall–Kier alpha value is -1.53. The molecule has 0 unspecified atom stereocenters. The molecule has 7 heteroatoms. The van der Waals surface area contributed by atoms with Gasteiger partial charge in [0, 0.05) is 11.6 Å². The van der Waals surface area contributed by atoms with Gasteiger partial charge in [-0.3, -0.25) is 9.10 Å². The Morgan fingerprint density at radius 2 is 2.14 bits per heavy atom. The fourth-order valence-corrected chi connectivity index (χ4v) is 3.31. The molecule has 0 radical (unpaired) electrons. The number of nitrogens with one attached hydrogen (secondary N) is 1. The lowest BCUT2D eigenvalue weighted by Gasteiger charge is -2.29. The summed E-state index contributed by atoms with van der Waals surface area (Å²) in [5.74, 6) is -0.403. The van der Waals surface area contributed by atoms with E-state index in [2.05, 4.69) is 11.9 Å². The number of rotatable bonds is 6. The molecule has 0 aliphatic carbocycles. The maximum atomic E-state index is 12.1. The number of halogens is 1. The first kappa shape index (κ1) is 17.5. The Morgan fingerprint density at radius 1 is 1.52 bits per heavy atom. The van der Waals surface area contributed by atoms with Crippen molar-refractivity contribution in [1.82, 2.24) is 5.32 Å². The number of hydrogen-bond acceptors (Lipinski definition) is 3. The second-order valence-corrected chi connectivity index (χ2v) is 7.00.